The van der Waals surface area contributed by atoms with E-state index in [1.54, 1.807) is 45.2 Å². The van der Waals surface area contributed by atoms with Gasteiger partial charge in [-0.3, -0.25) is 9.59 Å². The number of halogens is 1. The lowest BCUT2D eigenvalue weighted by atomic mass is 9.79. The molecule has 6 nitrogen and oxygen atoms in total. The molecule has 1 amide bonds. The minimum absolute atomic E-state index is 0.204. The number of carboxylic acids is 1. The van der Waals surface area contributed by atoms with Crippen LogP contribution in [-0.4, -0.2) is 29.2 Å². The van der Waals surface area contributed by atoms with E-state index in [2.05, 4.69) is 5.16 Å². The highest BCUT2D eigenvalue weighted by atomic mass is 35.5. The Kier molecular flexibility index (Phi) is 4.99. The van der Waals surface area contributed by atoms with Crippen molar-refractivity contribution in [3.8, 4) is 0 Å². The van der Waals surface area contributed by atoms with Crippen LogP contribution in [0.3, 0.4) is 0 Å². The van der Waals surface area contributed by atoms with Crippen LogP contribution in [0.15, 0.2) is 28.8 Å². The predicted molar refractivity (Wildman–Crippen MR) is 90.4 cm³/mol. The summed E-state index contributed by atoms with van der Waals surface area (Å²) in [5.41, 5.74) is 0.283. The number of carbonyl (C=O) groups is 2. The fourth-order valence-electron chi connectivity index (χ4n) is 2.62. The highest BCUT2D eigenvalue weighted by Crippen LogP contribution is 2.32. The summed E-state index contributed by atoms with van der Waals surface area (Å²) in [6, 6.07) is 6.47. The number of carbonyl (C=O) groups excluding carboxylic acids is 1. The van der Waals surface area contributed by atoms with Gasteiger partial charge in [-0.2, -0.15) is 0 Å². The van der Waals surface area contributed by atoms with E-state index in [0.717, 1.165) is 0 Å². The maximum absolute atomic E-state index is 12.7. The number of rotatable bonds is 5. The minimum Gasteiger partial charge on any atom is -0.481 e. The summed E-state index contributed by atoms with van der Waals surface area (Å²) < 4.78 is 5.07. The number of anilines is 1. The summed E-state index contributed by atoms with van der Waals surface area (Å²) in [5.74, 6) is -0.915. The smallest absolute Gasteiger partial charge is 0.314 e. The summed E-state index contributed by atoms with van der Waals surface area (Å²) in [6.07, 6.45) is -0.204. The van der Waals surface area contributed by atoms with Crippen molar-refractivity contribution in [1.82, 2.24) is 5.16 Å². The number of carboxylic acid groups (broad SMARTS) is 1. The number of aliphatic carboxylic acids is 1. The van der Waals surface area contributed by atoms with E-state index in [9.17, 15) is 14.7 Å². The molecule has 0 aliphatic rings. The predicted octanol–water partition coefficient (Wildman–Crippen LogP) is 3.34. The van der Waals surface area contributed by atoms with Crippen LogP contribution in [-0.2, 0) is 15.0 Å². The Labute approximate surface area is 145 Å². The third-order valence-electron chi connectivity index (χ3n) is 4.16. The maximum atomic E-state index is 12.7. The topological polar surface area (TPSA) is 83.6 Å². The zero-order chi connectivity index (χ0) is 18.1. The standard InChI is InChI=1S/C17H19ClN2O4/c1-10-15(11(2)24-19-10)20(4)14(21)9-17(3,16(22)23)12-5-7-13(18)8-6-12/h5-8H,9H2,1-4H3,(H,22,23)/t17-/m1/s1. The fraction of sp³-hybridized carbons (Fsp3) is 0.353. The fourth-order valence-corrected chi connectivity index (χ4v) is 2.75. The summed E-state index contributed by atoms with van der Waals surface area (Å²) in [7, 11) is 1.58. The lowest BCUT2D eigenvalue weighted by Gasteiger charge is -2.27. The first-order valence-electron chi connectivity index (χ1n) is 7.35. The number of aryl methyl sites for hydroxylation is 2. The van der Waals surface area contributed by atoms with Gasteiger partial charge in [0.1, 0.15) is 11.4 Å². The van der Waals surface area contributed by atoms with Gasteiger partial charge in [0.15, 0.2) is 5.76 Å². The van der Waals surface area contributed by atoms with Crippen LogP contribution in [0, 0.1) is 13.8 Å². The molecule has 2 aromatic rings. The van der Waals surface area contributed by atoms with E-state index >= 15 is 0 Å². The molecule has 1 N–H and O–H groups in total. The van der Waals surface area contributed by atoms with Crippen LogP contribution in [0.2, 0.25) is 5.02 Å². The molecule has 0 bridgehead atoms. The van der Waals surface area contributed by atoms with Gasteiger partial charge in [0, 0.05) is 18.5 Å². The third kappa shape index (κ3) is 3.28. The Morgan fingerprint density at radius 1 is 1.29 bits per heavy atom. The Morgan fingerprint density at radius 3 is 2.33 bits per heavy atom. The van der Waals surface area contributed by atoms with Crippen molar-refractivity contribution in [3.05, 3.63) is 46.3 Å². The highest BCUT2D eigenvalue weighted by molar-refractivity contribution is 6.30. The maximum Gasteiger partial charge on any atom is 0.314 e. The lowest BCUT2D eigenvalue weighted by molar-refractivity contribution is -0.145. The first-order chi connectivity index (χ1) is 11.2. The number of hydrogen-bond donors (Lipinski definition) is 1. The van der Waals surface area contributed by atoms with E-state index in [-0.39, 0.29) is 12.3 Å². The SMILES string of the molecule is Cc1noc(C)c1N(C)C(=O)C[C@@](C)(C(=O)O)c1ccc(Cl)cc1. The minimum atomic E-state index is -1.37. The van der Waals surface area contributed by atoms with Crippen LogP contribution in [0.25, 0.3) is 0 Å². The molecule has 0 unspecified atom stereocenters. The van der Waals surface area contributed by atoms with Crippen LogP contribution >= 0.6 is 11.6 Å². The van der Waals surface area contributed by atoms with Crippen LogP contribution in [0.5, 0.6) is 0 Å². The first kappa shape index (κ1) is 18.0. The molecular weight excluding hydrogens is 332 g/mol. The lowest BCUT2D eigenvalue weighted by Crippen LogP contribution is -2.40. The normalized spacial score (nSPS) is 13.4. The quantitative estimate of drug-likeness (QED) is 0.894. The molecule has 0 saturated carbocycles. The molecule has 2 rings (SSSR count). The molecule has 0 fully saturated rings. The van der Waals surface area contributed by atoms with Crippen molar-refractivity contribution in [2.45, 2.75) is 32.6 Å². The van der Waals surface area contributed by atoms with Gasteiger partial charge in [-0.15, -0.1) is 0 Å². The Bertz CT molecular complexity index is 750. The van der Waals surface area contributed by atoms with Gasteiger partial charge in [0.2, 0.25) is 5.91 Å². The second kappa shape index (κ2) is 6.65. The monoisotopic (exact) mass is 350 g/mol. The zero-order valence-electron chi connectivity index (χ0n) is 14.0. The van der Waals surface area contributed by atoms with E-state index in [1.165, 1.54) is 11.8 Å². The van der Waals surface area contributed by atoms with E-state index in [4.69, 9.17) is 16.1 Å². The molecule has 0 aliphatic carbocycles. The van der Waals surface area contributed by atoms with Gasteiger partial charge in [0.05, 0.1) is 5.41 Å². The Morgan fingerprint density at radius 2 is 1.88 bits per heavy atom. The molecule has 1 aromatic carbocycles. The Balaban J connectivity index is 2.32. The number of aromatic nitrogens is 1. The molecular formula is C17H19ClN2O4. The first-order valence-corrected chi connectivity index (χ1v) is 7.73. The molecule has 128 valence electrons. The van der Waals surface area contributed by atoms with Crippen molar-refractivity contribution < 1.29 is 19.2 Å². The number of benzene rings is 1. The number of nitrogens with zero attached hydrogens (tertiary/aromatic N) is 2. The summed E-state index contributed by atoms with van der Waals surface area (Å²) >= 11 is 5.86. The second-order valence-corrected chi connectivity index (χ2v) is 6.38. The van der Waals surface area contributed by atoms with Gasteiger partial charge < -0.3 is 14.5 Å². The van der Waals surface area contributed by atoms with Gasteiger partial charge in [-0.25, -0.2) is 0 Å². The van der Waals surface area contributed by atoms with Gasteiger partial charge >= 0.3 is 5.97 Å². The van der Waals surface area contributed by atoms with Gasteiger partial charge in [-0.05, 0) is 38.5 Å². The van der Waals surface area contributed by atoms with E-state index in [0.29, 0.717) is 27.7 Å². The molecule has 7 heteroatoms. The third-order valence-corrected chi connectivity index (χ3v) is 4.42. The van der Waals surface area contributed by atoms with E-state index in [1.807, 2.05) is 0 Å². The van der Waals surface area contributed by atoms with Crippen molar-refractivity contribution in [1.29, 1.82) is 0 Å². The van der Waals surface area contributed by atoms with Crippen molar-refractivity contribution in [3.63, 3.8) is 0 Å². The van der Waals surface area contributed by atoms with Crippen LogP contribution in [0.4, 0.5) is 5.69 Å². The van der Waals surface area contributed by atoms with E-state index < -0.39 is 11.4 Å². The van der Waals surface area contributed by atoms with Crippen molar-refractivity contribution >= 4 is 29.2 Å². The molecule has 1 atom stereocenters. The highest BCUT2D eigenvalue weighted by Gasteiger charge is 2.39. The summed E-state index contributed by atoms with van der Waals surface area (Å²) in [4.78, 5) is 25.9. The second-order valence-electron chi connectivity index (χ2n) is 5.95. The molecule has 0 aliphatic heterocycles. The summed E-state index contributed by atoms with van der Waals surface area (Å²) in [6.45, 7) is 4.96. The average Bonchev–Trinajstić information content (AvgIpc) is 2.85. The molecule has 0 radical (unpaired) electrons. The number of amides is 1. The molecule has 0 spiro atoms. The Hall–Kier alpha value is -2.34. The average molecular weight is 351 g/mol. The van der Waals surface area contributed by atoms with Crippen molar-refractivity contribution in [2.24, 2.45) is 0 Å². The molecule has 1 aromatic heterocycles. The largest absolute Gasteiger partial charge is 0.481 e. The van der Waals surface area contributed by atoms with Crippen LogP contribution < -0.4 is 4.90 Å². The van der Waals surface area contributed by atoms with Gasteiger partial charge in [0.25, 0.3) is 0 Å². The summed E-state index contributed by atoms with van der Waals surface area (Å²) in [5, 5.41) is 14.0. The molecule has 24 heavy (non-hydrogen) atoms. The van der Waals surface area contributed by atoms with Crippen molar-refractivity contribution in [2.75, 3.05) is 11.9 Å². The van der Waals surface area contributed by atoms with Gasteiger partial charge in [-0.1, -0.05) is 28.9 Å². The molecule has 0 saturated heterocycles. The molecule has 1 heterocycles. The number of hydrogen-bond acceptors (Lipinski definition) is 4. The van der Waals surface area contributed by atoms with Crippen LogP contribution in [0.1, 0.15) is 30.4 Å². The zero-order valence-corrected chi connectivity index (χ0v) is 14.7.